The van der Waals surface area contributed by atoms with Gasteiger partial charge in [0, 0.05) is 18.2 Å². The molecule has 2 N–H and O–H groups in total. The Morgan fingerprint density at radius 2 is 1.64 bits per heavy atom. The van der Waals surface area contributed by atoms with Crippen molar-refractivity contribution in [2.45, 2.75) is 44.7 Å². The average Bonchev–Trinajstić information content (AvgIpc) is 2.61. The number of sulfonamides is 1. The van der Waals surface area contributed by atoms with Gasteiger partial charge in [-0.1, -0.05) is 36.8 Å². The predicted molar refractivity (Wildman–Crippen MR) is 98.9 cm³/mol. The van der Waals surface area contributed by atoms with Crippen LogP contribution in [-0.2, 0) is 16.6 Å². The minimum Gasteiger partial charge on any atom is -0.350 e. The molecule has 2 rings (SSSR count). The van der Waals surface area contributed by atoms with Crippen molar-refractivity contribution in [2.24, 2.45) is 0 Å². The zero-order valence-corrected chi connectivity index (χ0v) is 15.6. The molecule has 6 heteroatoms. The van der Waals surface area contributed by atoms with Crippen LogP contribution >= 0.6 is 0 Å². The van der Waals surface area contributed by atoms with E-state index in [1.54, 1.807) is 0 Å². The summed E-state index contributed by atoms with van der Waals surface area (Å²) in [5.41, 5.74) is 2.45. The number of nitrogens with one attached hydrogen (secondary N) is 2. The van der Waals surface area contributed by atoms with Gasteiger partial charge in [-0.2, -0.15) is 0 Å². The lowest BCUT2D eigenvalue weighted by molar-refractivity contribution is 0.0939. The van der Waals surface area contributed by atoms with Crippen molar-refractivity contribution in [1.82, 2.24) is 10.0 Å². The minimum absolute atomic E-state index is 0.0760. The number of aryl methyl sites for hydroxylation is 1. The van der Waals surface area contributed by atoms with Crippen LogP contribution in [0.2, 0.25) is 0 Å². The minimum atomic E-state index is -3.62. The summed E-state index contributed by atoms with van der Waals surface area (Å²) in [6, 6.07) is 13.7. The SMILES string of the molecule is CCC(C)NC(=O)c1ccc(S(=O)(=O)NCc2ccc(C)cc2)cc1. The summed E-state index contributed by atoms with van der Waals surface area (Å²) in [6.07, 6.45) is 0.834. The number of carbonyl (C=O) groups is 1. The molecule has 0 radical (unpaired) electrons. The third kappa shape index (κ3) is 5.41. The second-order valence-electron chi connectivity index (χ2n) is 6.12. The summed E-state index contributed by atoms with van der Waals surface area (Å²) in [7, 11) is -3.62. The van der Waals surface area contributed by atoms with Crippen LogP contribution in [0.4, 0.5) is 0 Å². The predicted octanol–water partition coefficient (Wildman–Crippen LogP) is 3.00. The van der Waals surface area contributed by atoms with E-state index in [0.29, 0.717) is 5.56 Å². The van der Waals surface area contributed by atoms with E-state index in [1.165, 1.54) is 24.3 Å². The van der Waals surface area contributed by atoms with E-state index in [4.69, 9.17) is 0 Å². The summed E-state index contributed by atoms with van der Waals surface area (Å²) in [6.45, 7) is 6.11. The third-order valence-corrected chi connectivity index (χ3v) is 5.42. The first-order chi connectivity index (χ1) is 11.8. The Hall–Kier alpha value is -2.18. The molecule has 0 heterocycles. The molecule has 0 fully saturated rings. The maximum Gasteiger partial charge on any atom is 0.251 e. The molecule has 0 bridgehead atoms. The first-order valence-corrected chi connectivity index (χ1v) is 9.76. The lowest BCUT2D eigenvalue weighted by atomic mass is 10.2. The Morgan fingerprint density at radius 1 is 1.04 bits per heavy atom. The van der Waals surface area contributed by atoms with Crippen molar-refractivity contribution < 1.29 is 13.2 Å². The molecule has 1 amide bonds. The molecule has 2 aromatic rings. The zero-order valence-electron chi connectivity index (χ0n) is 14.7. The first-order valence-electron chi connectivity index (χ1n) is 8.28. The van der Waals surface area contributed by atoms with Crippen LogP contribution in [0.25, 0.3) is 0 Å². The van der Waals surface area contributed by atoms with Crippen LogP contribution in [0, 0.1) is 6.92 Å². The molecule has 25 heavy (non-hydrogen) atoms. The second kappa shape index (κ2) is 8.27. The van der Waals surface area contributed by atoms with Gasteiger partial charge in [-0.15, -0.1) is 0 Å². The molecular formula is C19H24N2O3S. The molecular weight excluding hydrogens is 336 g/mol. The summed E-state index contributed by atoms with van der Waals surface area (Å²) < 4.78 is 27.3. The summed E-state index contributed by atoms with van der Waals surface area (Å²) in [5.74, 6) is -0.203. The van der Waals surface area contributed by atoms with Crippen molar-refractivity contribution in [3.8, 4) is 0 Å². The van der Waals surface area contributed by atoms with Crippen LogP contribution in [0.1, 0.15) is 41.8 Å². The molecule has 0 aliphatic heterocycles. The van der Waals surface area contributed by atoms with Gasteiger partial charge in [0.05, 0.1) is 4.90 Å². The number of hydrogen-bond donors (Lipinski definition) is 2. The highest BCUT2D eigenvalue weighted by Crippen LogP contribution is 2.12. The molecule has 0 saturated heterocycles. The van der Waals surface area contributed by atoms with Gasteiger partial charge < -0.3 is 5.32 Å². The van der Waals surface area contributed by atoms with Gasteiger partial charge in [0.1, 0.15) is 0 Å². The Morgan fingerprint density at radius 3 is 2.20 bits per heavy atom. The summed E-state index contributed by atoms with van der Waals surface area (Å²) >= 11 is 0. The number of hydrogen-bond acceptors (Lipinski definition) is 3. The molecule has 134 valence electrons. The topological polar surface area (TPSA) is 75.3 Å². The first kappa shape index (κ1) is 19.1. The smallest absolute Gasteiger partial charge is 0.251 e. The maximum atomic E-state index is 12.4. The van der Waals surface area contributed by atoms with Crippen molar-refractivity contribution in [2.75, 3.05) is 0 Å². The maximum absolute atomic E-state index is 12.4. The summed E-state index contributed by atoms with van der Waals surface area (Å²) in [5, 5.41) is 2.85. The van der Waals surface area contributed by atoms with Gasteiger partial charge in [-0.3, -0.25) is 4.79 Å². The largest absolute Gasteiger partial charge is 0.350 e. The van der Waals surface area contributed by atoms with Crippen molar-refractivity contribution >= 4 is 15.9 Å². The van der Waals surface area contributed by atoms with E-state index in [9.17, 15) is 13.2 Å². The van der Waals surface area contributed by atoms with Gasteiger partial charge in [-0.05, 0) is 50.1 Å². The Kier molecular flexibility index (Phi) is 6.33. The van der Waals surface area contributed by atoms with E-state index in [0.717, 1.165) is 17.5 Å². The van der Waals surface area contributed by atoms with Gasteiger partial charge >= 0.3 is 0 Å². The monoisotopic (exact) mass is 360 g/mol. The lowest BCUT2D eigenvalue weighted by Crippen LogP contribution is -2.32. The van der Waals surface area contributed by atoms with E-state index >= 15 is 0 Å². The Bertz CT molecular complexity index is 813. The normalized spacial score (nSPS) is 12.6. The van der Waals surface area contributed by atoms with Gasteiger partial charge in [0.2, 0.25) is 10.0 Å². The van der Waals surface area contributed by atoms with Crippen molar-refractivity contribution in [3.05, 3.63) is 65.2 Å². The molecule has 0 aliphatic carbocycles. The molecule has 0 aliphatic rings. The molecule has 1 atom stereocenters. The van der Waals surface area contributed by atoms with E-state index in [2.05, 4.69) is 10.0 Å². The quantitative estimate of drug-likeness (QED) is 0.797. The Labute approximate surface area is 149 Å². The van der Waals surface area contributed by atoms with Gasteiger partial charge in [-0.25, -0.2) is 13.1 Å². The van der Waals surface area contributed by atoms with Crippen LogP contribution in [0.15, 0.2) is 53.4 Å². The number of benzene rings is 2. The molecule has 0 spiro atoms. The van der Waals surface area contributed by atoms with E-state index in [1.807, 2.05) is 45.0 Å². The fourth-order valence-electron chi connectivity index (χ4n) is 2.16. The fraction of sp³-hybridized carbons (Fsp3) is 0.316. The highest BCUT2D eigenvalue weighted by Gasteiger charge is 2.15. The number of rotatable bonds is 7. The van der Waals surface area contributed by atoms with Crippen LogP contribution in [0.5, 0.6) is 0 Å². The number of amides is 1. The fourth-order valence-corrected chi connectivity index (χ4v) is 3.18. The molecule has 5 nitrogen and oxygen atoms in total. The van der Waals surface area contributed by atoms with E-state index < -0.39 is 10.0 Å². The third-order valence-electron chi connectivity index (χ3n) is 4.00. The number of carbonyl (C=O) groups excluding carboxylic acids is 1. The van der Waals surface area contributed by atoms with Crippen LogP contribution in [-0.4, -0.2) is 20.4 Å². The molecule has 2 aromatic carbocycles. The highest BCUT2D eigenvalue weighted by atomic mass is 32.2. The molecule has 1 unspecified atom stereocenters. The van der Waals surface area contributed by atoms with Gasteiger partial charge in [0.15, 0.2) is 0 Å². The molecule has 0 aromatic heterocycles. The zero-order chi connectivity index (χ0) is 18.4. The molecule has 0 saturated carbocycles. The standard InChI is InChI=1S/C19H24N2O3S/c1-4-15(3)21-19(22)17-9-11-18(12-10-17)25(23,24)20-13-16-7-5-14(2)6-8-16/h5-12,15,20H,4,13H2,1-3H3,(H,21,22). The van der Waals surface area contributed by atoms with Gasteiger partial charge in [0.25, 0.3) is 5.91 Å². The van der Waals surface area contributed by atoms with Crippen molar-refractivity contribution in [1.29, 1.82) is 0 Å². The Balaban J connectivity index is 2.04. The second-order valence-corrected chi connectivity index (χ2v) is 7.88. The highest BCUT2D eigenvalue weighted by molar-refractivity contribution is 7.89. The van der Waals surface area contributed by atoms with Crippen LogP contribution in [0.3, 0.4) is 0 Å². The van der Waals surface area contributed by atoms with E-state index in [-0.39, 0.29) is 23.4 Å². The summed E-state index contributed by atoms with van der Waals surface area (Å²) in [4.78, 5) is 12.2. The van der Waals surface area contributed by atoms with Crippen LogP contribution < -0.4 is 10.0 Å². The average molecular weight is 360 g/mol. The lowest BCUT2D eigenvalue weighted by Gasteiger charge is -2.12. The van der Waals surface area contributed by atoms with Crippen molar-refractivity contribution in [3.63, 3.8) is 0 Å².